The van der Waals surface area contributed by atoms with Crippen LogP contribution < -0.4 is 24.7 Å². The Bertz CT molecular complexity index is 1670. The van der Waals surface area contributed by atoms with Gasteiger partial charge in [-0.3, -0.25) is 14.1 Å². The molecule has 1 unspecified atom stereocenters. The van der Waals surface area contributed by atoms with Gasteiger partial charge < -0.3 is 24.4 Å². The van der Waals surface area contributed by atoms with E-state index in [0.717, 1.165) is 0 Å². The van der Waals surface area contributed by atoms with Crippen molar-refractivity contribution in [3.05, 3.63) is 77.2 Å². The minimum Gasteiger partial charge on any atom is -0.486 e. The van der Waals surface area contributed by atoms with Crippen molar-refractivity contribution in [1.82, 2.24) is 15.1 Å². The molecule has 0 saturated carbocycles. The first-order chi connectivity index (χ1) is 19.3. The number of carbonyl (C=O) groups is 1. The fraction of sp³-hybridized carbons (Fsp3) is 0.276. The maximum Gasteiger partial charge on any atom is 0.262 e. The van der Waals surface area contributed by atoms with Crippen LogP contribution in [0.4, 0.5) is 10.1 Å². The molecule has 0 aliphatic carbocycles. The van der Waals surface area contributed by atoms with Gasteiger partial charge in [0.05, 0.1) is 17.1 Å². The lowest BCUT2D eigenvalue weighted by atomic mass is 10.0. The van der Waals surface area contributed by atoms with Crippen LogP contribution in [-0.4, -0.2) is 64.3 Å². The van der Waals surface area contributed by atoms with Gasteiger partial charge in [-0.2, -0.15) is 0 Å². The second-order valence-electron chi connectivity index (χ2n) is 10.4. The summed E-state index contributed by atoms with van der Waals surface area (Å²) in [6, 6.07) is 13.9. The predicted molar refractivity (Wildman–Crippen MR) is 153 cm³/mol. The van der Waals surface area contributed by atoms with E-state index in [2.05, 4.69) is 27.6 Å². The smallest absolute Gasteiger partial charge is 0.262 e. The lowest BCUT2D eigenvalue weighted by Crippen LogP contribution is -2.39. The molecular weight excluding hydrogens is 549 g/mol. The molecule has 0 fully saturated rings. The van der Waals surface area contributed by atoms with Crippen LogP contribution >= 0.6 is 0 Å². The molecule has 0 saturated heterocycles. The Labute approximate surface area is 237 Å². The summed E-state index contributed by atoms with van der Waals surface area (Å²) >= 11 is 0. The van der Waals surface area contributed by atoms with Gasteiger partial charge in [0.2, 0.25) is 0 Å². The van der Waals surface area contributed by atoms with Gasteiger partial charge in [0.25, 0.3) is 11.8 Å². The molecule has 41 heavy (non-hydrogen) atoms. The summed E-state index contributed by atoms with van der Waals surface area (Å²) in [6.07, 6.45) is 4.37. The average molecular weight is 580 g/mol. The Morgan fingerprint density at radius 1 is 1.20 bits per heavy atom. The summed E-state index contributed by atoms with van der Waals surface area (Å²) in [5.41, 5.74) is 2.33. The second kappa shape index (κ2) is 10.2. The SMILES string of the molecule is CC1=C(Oc2nnc(-c3ccc4c(c3)OCCO4)c(C)c2C(=O)Nc2c#ccc(S(C)(C)(N)=O)c2)C=CC(F)N1C. The molecule has 10 nitrogen and oxygen atoms in total. The Morgan fingerprint density at radius 2 is 1.93 bits per heavy atom. The van der Waals surface area contributed by atoms with Crippen molar-refractivity contribution >= 4 is 20.8 Å². The van der Waals surface area contributed by atoms with E-state index in [1.54, 1.807) is 39.1 Å². The second-order valence-corrected chi connectivity index (χ2v) is 14.7. The van der Waals surface area contributed by atoms with Crippen LogP contribution in [0.1, 0.15) is 22.8 Å². The van der Waals surface area contributed by atoms with E-state index >= 15 is 0 Å². The largest absolute Gasteiger partial charge is 0.486 e. The van der Waals surface area contributed by atoms with E-state index in [4.69, 9.17) is 19.3 Å². The van der Waals surface area contributed by atoms with Gasteiger partial charge >= 0.3 is 0 Å². The molecule has 12 heteroatoms. The van der Waals surface area contributed by atoms with Crippen LogP contribution in [0.5, 0.6) is 17.4 Å². The number of nitrogens with one attached hydrogen (secondary N) is 1. The minimum absolute atomic E-state index is 0.0841. The molecule has 3 N–H and O–H groups in total. The van der Waals surface area contributed by atoms with Crippen LogP contribution in [0.25, 0.3) is 11.3 Å². The maximum atomic E-state index is 14.2. The molecule has 214 valence electrons. The third kappa shape index (κ3) is 5.73. The van der Waals surface area contributed by atoms with Gasteiger partial charge in [-0.1, -0.05) is 6.07 Å². The number of hydrogen-bond donors (Lipinski definition) is 2. The number of allylic oxidation sites excluding steroid dienone is 2. The monoisotopic (exact) mass is 579 g/mol. The Kier molecular flexibility index (Phi) is 6.97. The molecule has 1 amide bonds. The lowest BCUT2D eigenvalue weighted by molar-refractivity contribution is 0.102. The molecule has 2 aliphatic heterocycles. The molecule has 2 aliphatic rings. The van der Waals surface area contributed by atoms with Crippen molar-refractivity contribution in [3.8, 4) is 28.6 Å². The van der Waals surface area contributed by atoms with Crippen molar-refractivity contribution < 1.29 is 27.6 Å². The quantitative estimate of drug-likeness (QED) is 0.422. The molecule has 0 spiro atoms. The number of carbonyl (C=O) groups excluding carboxylic acids is 1. The first-order valence-electron chi connectivity index (χ1n) is 12.7. The molecule has 1 atom stereocenters. The lowest BCUT2D eigenvalue weighted by Gasteiger charge is -2.28. The fourth-order valence-electron chi connectivity index (χ4n) is 4.30. The highest BCUT2D eigenvalue weighted by atomic mass is 32.3. The summed E-state index contributed by atoms with van der Waals surface area (Å²) in [5.74, 6) is 0.799. The molecule has 2 aromatic carbocycles. The number of rotatable bonds is 6. The normalized spacial score (nSPS) is 17.4. The highest BCUT2D eigenvalue weighted by Crippen LogP contribution is 2.37. The number of nitrogens with zero attached hydrogens (tertiary/aromatic N) is 3. The van der Waals surface area contributed by atoms with Crippen LogP contribution in [0, 0.1) is 19.1 Å². The van der Waals surface area contributed by atoms with E-state index in [0.29, 0.717) is 57.9 Å². The van der Waals surface area contributed by atoms with Crippen LogP contribution in [0.2, 0.25) is 0 Å². The average Bonchev–Trinajstić information content (AvgIpc) is 2.92. The number of aromatic nitrogens is 2. The van der Waals surface area contributed by atoms with Gasteiger partial charge in [-0.25, -0.2) is 4.39 Å². The summed E-state index contributed by atoms with van der Waals surface area (Å²) in [5, 5.41) is 17.4. The van der Waals surface area contributed by atoms with Crippen molar-refractivity contribution in [2.45, 2.75) is 25.0 Å². The van der Waals surface area contributed by atoms with Crippen molar-refractivity contribution in [2.75, 3.05) is 38.1 Å². The zero-order chi connectivity index (χ0) is 29.6. The number of anilines is 1. The van der Waals surface area contributed by atoms with E-state index in [9.17, 15) is 13.4 Å². The highest BCUT2D eigenvalue weighted by molar-refractivity contribution is 8.16. The highest BCUT2D eigenvalue weighted by Gasteiger charge is 2.27. The van der Waals surface area contributed by atoms with Crippen molar-refractivity contribution in [2.24, 2.45) is 5.14 Å². The molecule has 3 heterocycles. The van der Waals surface area contributed by atoms with Gasteiger partial charge in [-0.15, -0.1) is 10.2 Å². The first-order valence-corrected chi connectivity index (χ1v) is 15.5. The zero-order valence-corrected chi connectivity index (χ0v) is 24.1. The summed E-state index contributed by atoms with van der Waals surface area (Å²) < 4.78 is 44.5. The molecule has 3 aromatic rings. The Morgan fingerprint density at radius 3 is 2.66 bits per heavy atom. The molecule has 0 radical (unpaired) electrons. The zero-order valence-electron chi connectivity index (χ0n) is 23.3. The number of amides is 1. The number of fused-ring (bicyclic) bond motifs is 1. The van der Waals surface area contributed by atoms with E-state index < -0.39 is 21.5 Å². The van der Waals surface area contributed by atoms with Gasteiger partial charge in [0.1, 0.15) is 24.5 Å². The third-order valence-corrected chi connectivity index (χ3v) is 8.40. The molecule has 0 bridgehead atoms. The summed E-state index contributed by atoms with van der Waals surface area (Å²) in [4.78, 5) is 15.5. The molecular formula is C29H30FN5O5S. The Hall–Kier alpha value is -4.47. The van der Waals surface area contributed by atoms with E-state index in [1.165, 1.54) is 41.7 Å². The van der Waals surface area contributed by atoms with Crippen LogP contribution in [0.3, 0.4) is 0 Å². The number of hydrogen-bond acceptors (Lipinski definition) is 8. The standard InChI is InChI=1S/C29H30FN5O5S/c1-17-26(28(36)32-20-7-6-8-21(16-20)41(4,5,31)37)29(40-22-11-12-25(30)35(3)18(22)2)34-33-27(17)19-9-10-23-24(15-19)39-14-13-38-23/h8-12,15-16,25H,13-14H2,1-5H3,(H2,31,37)(H,32,36). The van der Waals surface area contributed by atoms with Crippen LogP contribution in [-0.2, 0) is 9.25 Å². The van der Waals surface area contributed by atoms with Gasteiger partial charge in [-0.05, 0) is 71.1 Å². The van der Waals surface area contributed by atoms with E-state index in [1.807, 2.05) is 0 Å². The number of halogens is 1. The fourth-order valence-corrected chi connectivity index (χ4v) is 5.18. The van der Waals surface area contributed by atoms with Crippen molar-refractivity contribution in [3.63, 3.8) is 0 Å². The first kappa shape index (κ1) is 28.1. The number of likely N-dealkylation sites (N-methyl/N-ethyl adjacent to an activating group) is 1. The summed E-state index contributed by atoms with van der Waals surface area (Å²) in [6.45, 7) is 4.28. The minimum atomic E-state index is -3.61. The third-order valence-electron chi connectivity index (χ3n) is 6.76. The summed E-state index contributed by atoms with van der Waals surface area (Å²) in [7, 11) is -2.02. The number of alkyl halides is 1. The maximum absolute atomic E-state index is 14.2. The van der Waals surface area contributed by atoms with Crippen molar-refractivity contribution in [1.29, 1.82) is 0 Å². The topological polar surface area (TPSA) is 129 Å². The van der Waals surface area contributed by atoms with Gasteiger partial charge in [0, 0.05) is 36.1 Å². The predicted octanol–water partition coefficient (Wildman–Crippen LogP) is 3.80. The molecule has 1 aromatic heterocycles. The molecule has 5 rings (SSSR count). The van der Waals surface area contributed by atoms with Crippen LogP contribution in [0.15, 0.2) is 58.8 Å². The number of ether oxygens (including phenoxy) is 3. The van der Waals surface area contributed by atoms with Gasteiger partial charge in [0.15, 0.2) is 17.8 Å². The number of nitrogens with two attached hydrogens (primary N) is 1. The van der Waals surface area contributed by atoms with E-state index in [-0.39, 0.29) is 17.1 Å². The Balaban J connectivity index is 1.58. The number of benzene rings is 1.